The van der Waals surface area contributed by atoms with Crippen LogP contribution in [0.3, 0.4) is 0 Å². The monoisotopic (exact) mass is 493 g/mol. The minimum absolute atomic E-state index is 0.137. The summed E-state index contributed by atoms with van der Waals surface area (Å²) in [5, 5.41) is 19.8. The highest BCUT2D eigenvalue weighted by atomic mass is 127. The average molecular weight is 493 g/mol. The van der Waals surface area contributed by atoms with Crippen molar-refractivity contribution in [3.8, 4) is 11.5 Å². The molecule has 0 heterocycles. The maximum atomic E-state index is 10.0. The number of hydrogen-bond acceptors (Lipinski definition) is 3. The van der Waals surface area contributed by atoms with E-state index in [-0.39, 0.29) is 11.5 Å². The quantitative estimate of drug-likeness (QED) is 0.485. The minimum atomic E-state index is 0.137. The second kappa shape index (κ2) is 6.75. The molecule has 3 nitrogen and oxygen atoms in total. The molecule has 0 aliphatic carbocycles. The first-order chi connectivity index (χ1) is 9.51. The Balaban J connectivity index is 2.39. The highest BCUT2D eigenvalue weighted by Crippen LogP contribution is 2.29. The van der Waals surface area contributed by atoms with Crippen LogP contribution in [0, 0.1) is 7.14 Å². The number of nitrogens with zero attached hydrogens (tertiary/aromatic N) is 1. The fraction of sp³-hybridized carbons (Fsp3) is 0.133. The number of phenols is 2. The molecule has 104 valence electrons. The summed E-state index contributed by atoms with van der Waals surface area (Å²) in [5.74, 6) is 0.346. The number of aromatic hydroxyl groups is 2. The van der Waals surface area contributed by atoms with Crippen LogP contribution in [-0.2, 0) is 6.42 Å². The largest absolute Gasteiger partial charge is 0.506 e. The van der Waals surface area contributed by atoms with E-state index in [4.69, 9.17) is 0 Å². The van der Waals surface area contributed by atoms with E-state index in [2.05, 4.69) is 50.2 Å². The average Bonchev–Trinajstić information content (AvgIpc) is 2.42. The normalized spacial score (nSPS) is 11.2. The molecule has 2 aromatic carbocycles. The molecular formula is C15H13I2NO2. The summed E-state index contributed by atoms with van der Waals surface area (Å²) in [6.45, 7) is 2.05. The Bertz CT molecular complexity index is 669. The van der Waals surface area contributed by atoms with Crippen molar-refractivity contribution in [3.63, 3.8) is 0 Å². The molecule has 0 atom stereocenters. The molecule has 0 aliphatic heterocycles. The lowest BCUT2D eigenvalue weighted by Gasteiger charge is -2.04. The smallest absolute Gasteiger partial charge is 0.141 e. The summed E-state index contributed by atoms with van der Waals surface area (Å²) < 4.78 is 1.81. The SMILES string of the molecule is CCc1ccc(O)c(/N=C/c2cc(I)cc(I)c2O)c1. The van der Waals surface area contributed by atoms with Gasteiger partial charge >= 0.3 is 0 Å². The van der Waals surface area contributed by atoms with Crippen molar-refractivity contribution in [2.75, 3.05) is 0 Å². The predicted octanol–water partition coefficient (Wildman–Crippen LogP) is 4.62. The van der Waals surface area contributed by atoms with Crippen LogP contribution in [0.1, 0.15) is 18.1 Å². The molecule has 0 aliphatic rings. The van der Waals surface area contributed by atoms with Gasteiger partial charge in [0.1, 0.15) is 17.2 Å². The summed E-state index contributed by atoms with van der Waals surface area (Å²) in [6, 6.07) is 9.11. The number of aryl methyl sites for hydroxylation is 1. The number of phenolic OH excluding ortho intramolecular Hbond substituents is 2. The molecule has 0 fully saturated rings. The first-order valence-corrected chi connectivity index (χ1v) is 8.21. The lowest BCUT2D eigenvalue weighted by atomic mass is 10.1. The fourth-order valence-corrected chi connectivity index (χ4v) is 3.61. The van der Waals surface area contributed by atoms with Gasteiger partial charge in [-0.15, -0.1) is 0 Å². The maximum Gasteiger partial charge on any atom is 0.141 e. The van der Waals surface area contributed by atoms with Gasteiger partial charge in [-0.25, -0.2) is 0 Å². The van der Waals surface area contributed by atoms with Crippen LogP contribution in [0.25, 0.3) is 0 Å². The third kappa shape index (κ3) is 3.63. The van der Waals surface area contributed by atoms with E-state index in [9.17, 15) is 10.2 Å². The third-order valence-corrected chi connectivity index (χ3v) is 4.29. The van der Waals surface area contributed by atoms with Gasteiger partial charge in [0.25, 0.3) is 0 Å². The number of rotatable bonds is 3. The van der Waals surface area contributed by atoms with Gasteiger partial charge in [-0.1, -0.05) is 13.0 Å². The standard InChI is InChI=1S/C15H13I2NO2/c1-2-9-3-4-14(19)13(5-9)18-8-10-6-11(16)7-12(17)15(10)20/h3-8,19-20H,2H2,1H3/b18-8+. The van der Waals surface area contributed by atoms with Gasteiger partial charge in [-0.3, -0.25) is 4.99 Å². The molecule has 20 heavy (non-hydrogen) atoms. The number of aliphatic imine (C=N–C) groups is 1. The lowest BCUT2D eigenvalue weighted by molar-refractivity contribution is 0.470. The van der Waals surface area contributed by atoms with Crippen molar-refractivity contribution in [2.24, 2.45) is 4.99 Å². The van der Waals surface area contributed by atoms with Crippen LogP contribution >= 0.6 is 45.2 Å². The zero-order chi connectivity index (χ0) is 14.7. The highest BCUT2D eigenvalue weighted by molar-refractivity contribution is 14.1. The van der Waals surface area contributed by atoms with E-state index in [0.29, 0.717) is 11.3 Å². The Kier molecular flexibility index (Phi) is 5.25. The maximum absolute atomic E-state index is 10.0. The van der Waals surface area contributed by atoms with E-state index in [1.807, 2.05) is 31.2 Å². The minimum Gasteiger partial charge on any atom is -0.506 e. The van der Waals surface area contributed by atoms with Crippen LogP contribution in [0.5, 0.6) is 11.5 Å². The Morgan fingerprint density at radius 3 is 2.60 bits per heavy atom. The van der Waals surface area contributed by atoms with Gasteiger partial charge in [-0.2, -0.15) is 0 Å². The van der Waals surface area contributed by atoms with E-state index in [1.165, 1.54) is 0 Å². The molecule has 0 amide bonds. The zero-order valence-electron chi connectivity index (χ0n) is 10.8. The van der Waals surface area contributed by atoms with E-state index < -0.39 is 0 Å². The Hall–Kier alpha value is -0.830. The van der Waals surface area contributed by atoms with Gasteiger partial charge in [0, 0.05) is 15.3 Å². The molecule has 0 bridgehead atoms. The van der Waals surface area contributed by atoms with Crippen LogP contribution in [0.2, 0.25) is 0 Å². The van der Waals surface area contributed by atoms with Crippen molar-refractivity contribution < 1.29 is 10.2 Å². The second-order valence-corrected chi connectivity index (χ2v) is 6.67. The van der Waals surface area contributed by atoms with Crippen LogP contribution in [0.4, 0.5) is 5.69 Å². The van der Waals surface area contributed by atoms with Crippen molar-refractivity contribution >= 4 is 57.1 Å². The van der Waals surface area contributed by atoms with Crippen molar-refractivity contribution in [1.82, 2.24) is 0 Å². The highest BCUT2D eigenvalue weighted by Gasteiger charge is 2.06. The first kappa shape index (κ1) is 15.6. The molecule has 5 heteroatoms. The fourth-order valence-electron chi connectivity index (χ4n) is 1.72. The molecule has 0 saturated heterocycles. The Morgan fingerprint density at radius 1 is 1.15 bits per heavy atom. The zero-order valence-corrected chi connectivity index (χ0v) is 15.1. The molecule has 0 unspecified atom stereocenters. The van der Waals surface area contributed by atoms with E-state index in [0.717, 1.165) is 19.1 Å². The molecule has 0 spiro atoms. The molecule has 0 radical (unpaired) electrons. The van der Waals surface area contributed by atoms with Gasteiger partial charge < -0.3 is 10.2 Å². The molecular weight excluding hydrogens is 480 g/mol. The van der Waals surface area contributed by atoms with Crippen molar-refractivity contribution in [1.29, 1.82) is 0 Å². The summed E-state index contributed by atoms with van der Waals surface area (Å²) >= 11 is 4.28. The lowest BCUT2D eigenvalue weighted by Crippen LogP contribution is -1.88. The van der Waals surface area contributed by atoms with E-state index in [1.54, 1.807) is 12.3 Å². The van der Waals surface area contributed by atoms with Gasteiger partial charge in [0.2, 0.25) is 0 Å². The third-order valence-electron chi connectivity index (χ3n) is 2.85. The van der Waals surface area contributed by atoms with Crippen LogP contribution in [0.15, 0.2) is 35.3 Å². The topological polar surface area (TPSA) is 52.8 Å². The Labute approximate surface area is 145 Å². The molecule has 0 saturated carbocycles. The summed E-state index contributed by atoms with van der Waals surface area (Å²) in [5.41, 5.74) is 2.26. The van der Waals surface area contributed by atoms with Gasteiger partial charge in [0.15, 0.2) is 0 Å². The summed E-state index contributed by atoms with van der Waals surface area (Å²) in [7, 11) is 0. The van der Waals surface area contributed by atoms with Crippen LogP contribution < -0.4 is 0 Å². The number of halogens is 2. The predicted molar refractivity (Wildman–Crippen MR) is 98.3 cm³/mol. The van der Waals surface area contributed by atoms with Crippen molar-refractivity contribution in [2.45, 2.75) is 13.3 Å². The first-order valence-electron chi connectivity index (χ1n) is 6.05. The second-order valence-electron chi connectivity index (χ2n) is 4.26. The molecule has 2 rings (SSSR count). The number of hydrogen-bond donors (Lipinski definition) is 2. The van der Waals surface area contributed by atoms with Crippen molar-refractivity contribution in [3.05, 3.63) is 48.6 Å². The van der Waals surface area contributed by atoms with E-state index >= 15 is 0 Å². The molecule has 0 aromatic heterocycles. The molecule has 2 N–H and O–H groups in total. The van der Waals surface area contributed by atoms with Crippen LogP contribution in [-0.4, -0.2) is 16.4 Å². The Morgan fingerprint density at radius 2 is 1.90 bits per heavy atom. The summed E-state index contributed by atoms with van der Waals surface area (Å²) in [6.07, 6.45) is 2.46. The number of benzene rings is 2. The molecule has 2 aromatic rings. The summed E-state index contributed by atoms with van der Waals surface area (Å²) in [4.78, 5) is 4.29. The van der Waals surface area contributed by atoms with Gasteiger partial charge in [-0.05, 0) is 81.4 Å². The van der Waals surface area contributed by atoms with Gasteiger partial charge in [0.05, 0.1) is 3.57 Å².